The maximum atomic E-state index is 12.2. The standard InChI is InChI=1S/C7H9F3N2O/c1-5-4-6(7(8,9)10)12(11-5)2-3-13/h4,13H,2-3H2,1H3. The van der Waals surface area contributed by atoms with Gasteiger partial charge in [-0.1, -0.05) is 0 Å². The van der Waals surface area contributed by atoms with Gasteiger partial charge in [-0.05, 0) is 13.0 Å². The minimum atomic E-state index is -4.41. The van der Waals surface area contributed by atoms with E-state index in [1.54, 1.807) is 0 Å². The van der Waals surface area contributed by atoms with Crippen molar-refractivity contribution in [3.63, 3.8) is 0 Å². The Morgan fingerprint density at radius 2 is 2.15 bits per heavy atom. The Kier molecular flexibility index (Phi) is 2.60. The summed E-state index contributed by atoms with van der Waals surface area (Å²) in [6.07, 6.45) is -4.41. The van der Waals surface area contributed by atoms with Crippen LogP contribution in [-0.2, 0) is 12.7 Å². The molecular weight excluding hydrogens is 185 g/mol. The van der Waals surface area contributed by atoms with Crippen molar-refractivity contribution in [1.29, 1.82) is 0 Å². The van der Waals surface area contributed by atoms with Gasteiger partial charge >= 0.3 is 6.18 Å². The molecule has 0 aromatic carbocycles. The topological polar surface area (TPSA) is 38.0 Å². The predicted molar refractivity (Wildman–Crippen MR) is 39.1 cm³/mol. The molecule has 1 aromatic rings. The Morgan fingerprint density at radius 3 is 2.62 bits per heavy atom. The van der Waals surface area contributed by atoms with E-state index in [1.807, 2.05) is 0 Å². The number of hydrogen-bond acceptors (Lipinski definition) is 2. The lowest BCUT2D eigenvalue weighted by Crippen LogP contribution is -2.16. The Morgan fingerprint density at radius 1 is 1.54 bits per heavy atom. The molecular formula is C7H9F3N2O. The first-order chi connectivity index (χ1) is 5.95. The number of nitrogens with zero attached hydrogens (tertiary/aromatic N) is 2. The number of aryl methyl sites for hydroxylation is 1. The lowest BCUT2D eigenvalue weighted by atomic mass is 10.3. The maximum absolute atomic E-state index is 12.2. The fourth-order valence-electron chi connectivity index (χ4n) is 1.04. The SMILES string of the molecule is Cc1cc(C(F)(F)F)n(CCO)n1. The van der Waals surface area contributed by atoms with Crippen LogP contribution in [0, 0.1) is 6.92 Å². The summed E-state index contributed by atoms with van der Waals surface area (Å²) in [6, 6.07) is 0.954. The molecule has 3 nitrogen and oxygen atoms in total. The van der Waals surface area contributed by atoms with Gasteiger partial charge in [-0.2, -0.15) is 18.3 Å². The number of halogens is 3. The molecule has 1 N–H and O–H groups in total. The van der Waals surface area contributed by atoms with Crippen LogP contribution >= 0.6 is 0 Å². The van der Waals surface area contributed by atoms with Crippen molar-refractivity contribution < 1.29 is 18.3 Å². The van der Waals surface area contributed by atoms with Crippen molar-refractivity contribution in [2.24, 2.45) is 0 Å². The lowest BCUT2D eigenvalue weighted by Gasteiger charge is -2.08. The van der Waals surface area contributed by atoms with E-state index in [-0.39, 0.29) is 13.2 Å². The molecule has 0 aliphatic heterocycles. The zero-order valence-electron chi connectivity index (χ0n) is 6.97. The number of alkyl halides is 3. The highest BCUT2D eigenvalue weighted by Gasteiger charge is 2.35. The lowest BCUT2D eigenvalue weighted by molar-refractivity contribution is -0.144. The maximum Gasteiger partial charge on any atom is 0.433 e. The number of aliphatic hydroxyl groups is 1. The monoisotopic (exact) mass is 194 g/mol. The molecule has 0 spiro atoms. The quantitative estimate of drug-likeness (QED) is 0.768. The van der Waals surface area contributed by atoms with Crippen molar-refractivity contribution in [1.82, 2.24) is 9.78 Å². The number of aromatic nitrogens is 2. The second kappa shape index (κ2) is 3.37. The average Bonchev–Trinajstić information content (AvgIpc) is 2.30. The molecule has 0 aliphatic carbocycles. The van der Waals surface area contributed by atoms with Crippen LogP contribution in [0.4, 0.5) is 13.2 Å². The van der Waals surface area contributed by atoms with Gasteiger partial charge in [-0.15, -0.1) is 0 Å². The fraction of sp³-hybridized carbons (Fsp3) is 0.571. The van der Waals surface area contributed by atoms with E-state index in [0.717, 1.165) is 10.7 Å². The van der Waals surface area contributed by atoms with E-state index >= 15 is 0 Å². The molecule has 1 aromatic heterocycles. The first-order valence-electron chi connectivity index (χ1n) is 3.67. The molecule has 0 aliphatic rings. The van der Waals surface area contributed by atoms with Gasteiger partial charge in [0.1, 0.15) is 5.69 Å². The summed E-state index contributed by atoms with van der Waals surface area (Å²) < 4.78 is 37.5. The van der Waals surface area contributed by atoms with Crippen molar-refractivity contribution >= 4 is 0 Å². The van der Waals surface area contributed by atoms with Gasteiger partial charge in [0.2, 0.25) is 0 Å². The summed E-state index contributed by atoms with van der Waals surface area (Å²) >= 11 is 0. The van der Waals surface area contributed by atoms with Crippen LogP contribution in [0.25, 0.3) is 0 Å². The van der Waals surface area contributed by atoms with Crippen LogP contribution in [0.3, 0.4) is 0 Å². The highest BCUT2D eigenvalue weighted by atomic mass is 19.4. The second-order valence-electron chi connectivity index (χ2n) is 2.62. The molecule has 0 radical (unpaired) electrons. The normalized spacial score (nSPS) is 12.1. The van der Waals surface area contributed by atoms with Crippen molar-refractivity contribution in [3.05, 3.63) is 17.5 Å². The van der Waals surface area contributed by atoms with Crippen molar-refractivity contribution in [2.45, 2.75) is 19.6 Å². The molecule has 0 unspecified atom stereocenters. The second-order valence-corrected chi connectivity index (χ2v) is 2.62. The van der Waals surface area contributed by atoms with Gasteiger partial charge in [0.25, 0.3) is 0 Å². The van der Waals surface area contributed by atoms with Crippen LogP contribution in [-0.4, -0.2) is 21.5 Å². The minimum absolute atomic E-state index is 0.136. The first kappa shape index (κ1) is 10.0. The van der Waals surface area contributed by atoms with Gasteiger partial charge < -0.3 is 5.11 Å². The molecule has 6 heteroatoms. The van der Waals surface area contributed by atoms with Crippen LogP contribution in [0.1, 0.15) is 11.4 Å². The van der Waals surface area contributed by atoms with E-state index in [1.165, 1.54) is 6.92 Å². The Labute approximate surface area is 72.8 Å². The summed E-state index contributed by atoms with van der Waals surface area (Å²) in [5, 5.41) is 12.1. The molecule has 0 bridgehead atoms. The van der Waals surface area contributed by atoms with Crippen LogP contribution in [0.15, 0.2) is 6.07 Å². The van der Waals surface area contributed by atoms with Crippen LogP contribution in [0.2, 0.25) is 0 Å². The molecule has 1 heterocycles. The number of hydrogen-bond donors (Lipinski definition) is 1. The van der Waals surface area contributed by atoms with Gasteiger partial charge in [-0.25, -0.2) is 0 Å². The Balaban J connectivity index is 3.04. The molecule has 1 rings (SSSR count). The van der Waals surface area contributed by atoms with E-state index in [0.29, 0.717) is 5.69 Å². The Hall–Kier alpha value is -1.04. The van der Waals surface area contributed by atoms with Gasteiger partial charge in [0.15, 0.2) is 0 Å². The van der Waals surface area contributed by atoms with E-state index in [2.05, 4.69) is 5.10 Å². The van der Waals surface area contributed by atoms with E-state index in [4.69, 9.17) is 5.11 Å². The Bertz CT molecular complexity index is 292. The highest BCUT2D eigenvalue weighted by molar-refractivity contribution is 5.12. The number of aliphatic hydroxyl groups excluding tert-OH is 1. The van der Waals surface area contributed by atoms with Gasteiger partial charge in [0.05, 0.1) is 18.8 Å². The largest absolute Gasteiger partial charge is 0.433 e. The third kappa shape index (κ3) is 2.21. The summed E-state index contributed by atoms with van der Waals surface area (Å²) in [5.74, 6) is 0. The highest BCUT2D eigenvalue weighted by Crippen LogP contribution is 2.29. The molecule has 13 heavy (non-hydrogen) atoms. The molecule has 74 valence electrons. The van der Waals surface area contributed by atoms with Gasteiger partial charge in [-0.3, -0.25) is 4.68 Å². The van der Waals surface area contributed by atoms with Crippen LogP contribution < -0.4 is 0 Å². The number of rotatable bonds is 2. The summed E-state index contributed by atoms with van der Waals surface area (Å²) in [7, 11) is 0. The smallest absolute Gasteiger partial charge is 0.394 e. The summed E-state index contributed by atoms with van der Waals surface area (Å²) in [5.41, 5.74) is -0.528. The summed E-state index contributed by atoms with van der Waals surface area (Å²) in [4.78, 5) is 0. The first-order valence-corrected chi connectivity index (χ1v) is 3.67. The fourth-order valence-corrected chi connectivity index (χ4v) is 1.04. The zero-order valence-corrected chi connectivity index (χ0v) is 6.97. The zero-order chi connectivity index (χ0) is 10.1. The summed E-state index contributed by atoms with van der Waals surface area (Å²) in [6.45, 7) is 0.982. The molecule has 0 atom stereocenters. The minimum Gasteiger partial charge on any atom is -0.394 e. The van der Waals surface area contributed by atoms with Crippen molar-refractivity contribution in [3.8, 4) is 0 Å². The average molecular weight is 194 g/mol. The van der Waals surface area contributed by atoms with Crippen LogP contribution in [0.5, 0.6) is 0 Å². The van der Waals surface area contributed by atoms with Gasteiger partial charge in [0, 0.05) is 0 Å². The van der Waals surface area contributed by atoms with Crippen molar-refractivity contribution in [2.75, 3.05) is 6.61 Å². The third-order valence-corrected chi connectivity index (χ3v) is 1.50. The van der Waals surface area contributed by atoms with E-state index < -0.39 is 11.9 Å². The molecule has 0 fully saturated rings. The molecule has 0 amide bonds. The predicted octanol–water partition coefficient (Wildman–Crippen LogP) is 1.20. The van der Waals surface area contributed by atoms with E-state index in [9.17, 15) is 13.2 Å². The third-order valence-electron chi connectivity index (χ3n) is 1.50. The molecule has 0 saturated heterocycles. The molecule has 0 saturated carbocycles.